The molecule has 1 aromatic carbocycles. The molecule has 0 bridgehead atoms. The Kier molecular flexibility index (Phi) is 8.20. The van der Waals surface area contributed by atoms with Gasteiger partial charge in [0.25, 0.3) is 6.01 Å². The molecule has 2 aliphatic heterocycles. The van der Waals surface area contributed by atoms with Gasteiger partial charge >= 0.3 is 0 Å². The first-order valence-corrected chi connectivity index (χ1v) is 9.38. The van der Waals surface area contributed by atoms with Crippen molar-refractivity contribution in [1.82, 2.24) is 15.2 Å². The van der Waals surface area contributed by atoms with E-state index in [1.165, 1.54) is 12.8 Å². The molecule has 0 saturated carbocycles. The summed E-state index contributed by atoms with van der Waals surface area (Å²) in [4.78, 5) is 21.2. The third-order valence-corrected chi connectivity index (χ3v) is 5.41. The van der Waals surface area contributed by atoms with Crippen molar-refractivity contribution in [2.45, 2.75) is 25.7 Å². The fourth-order valence-corrected chi connectivity index (χ4v) is 3.80. The van der Waals surface area contributed by atoms with E-state index >= 15 is 0 Å². The Hall–Kier alpha value is -1.50. The van der Waals surface area contributed by atoms with Gasteiger partial charge < -0.3 is 19.5 Å². The number of benzene rings is 1. The lowest BCUT2D eigenvalue weighted by Gasteiger charge is -2.34. The number of fused-ring (bicyclic) bond motifs is 1. The highest BCUT2D eigenvalue weighted by molar-refractivity contribution is 5.85. The normalized spacial score (nSPS) is 18.1. The predicted octanol–water partition coefficient (Wildman–Crippen LogP) is 3.10. The molecule has 0 aliphatic carbocycles. The zero-order chi connectivity index (χ0) is 17.1. The molecule has 1 amide bonds. The van der Waals surface area contributed by atoms with Crippen LogP contribution in [0.25, 0.3) is 11.1 Å². The van der Waals surface area contributed by atoms with Crippen LogP contribution >= 0.6 is 24.8 Å². The van der Waals surface area contributed by atoms with Gasteiger partial charge in [0, 0.05) is 32.6 Å². The summed E-state index contributed by atoms with van der Waals surface area (Å²) < 4.78 is 5.84. The third kappa shape index (κ3) is 5.27. The first-order valence-electron chi connectivity index (χ1n) is 9.38. The van der Waals surface area contributed by atoms with Crippen molar-refractivity contribution in [1.29, 1.82) is 0 Å². The molecule has 0 spiro atoms. The number of carbonyl (C=O) groups excluding carboxylic acids is 1. The Balaban J connectivity index is 0.00000131. The third-order valence-electron chi connectivity index (χ3n) is 5.41. The number of rotatable bonds is 4. The number of piperidine rings is 1. The molecule has 0 radical (unpaired) electrons. The second-order valence-electron chi connectivity index (χ2n) is 7.06. The summed E-state index contributed by atoms with van der Waals surface area (Å²) in [7, 11) is 0. The van der Waals surface area contributed by atoms with Gasteiger partial charge in [-0.2, -0.15) is 4.98 Å². The largest absolute Gasteiger partial charge is 0.423 e. The summed E-state index contributed by atoms with van der Waals surface area (Å²) in [5, 5.41) is 3.38. The number of aromatic nitrogens is 1. The minimum atomic E-state index is 0. The van der Waals surface area contributed by atoms with E-state index in [9.17, 15) is 4.79 Å². The Labute approximate surface area is 172 Å². The minimum Gasteiger partial charge on any atom is -0.423 e. The molecule has 1 N–H and O–H groups in total. The summed E-state index contributed by atoms with van der Waals surface area (Å²) >= 11 is 0. The Morgan fingerprint density at radius 1 is 1.11 bits per heavy atom. The highest BCUT2D eigenvalue weighted by atomic mass is 35.5. The quantitative estimate of drug-likeness (QED) is 0.832. The molecule has 0 unspecified atom stereocenters. The summed E-state index contributed by atoms with van der Waals surface area (Å²) in [5.74, 6) is 1.02. The van der Waals surface area contributed by atoms with Crippen LogP contribution in [0.2, 0.25) is 0 Å². The van der Waals surface area contributed by atoms with E-state index in [0.29, 0.717) is 24.3 Å². The van der Waals surface area contributed by atoms with E-state index < -0.39 is 0 Å². The average Bonchev–Trinajstić information content (AvgIpc) is 3.11. The maximum absolute atomic E-state index is 12.5. The number of piperazine rings is 1. The second kappa shape index (κ2) is 10.2. The molecule has 8 heteroatoms. The maximum atomic E-state index is 12.5. The molecule has 2 saturated heterocycles. The van der Waals surface area contributed by atoms with Gasteiger partial charge in [0.15, 0.2) is 5.58 Å². The van der Waals surface area contributed by atoms with Crippen LogP contribution in [0, 0.1) is 5.92 Å². The summed E-state index contributed by atoms with van der Waals surface area (Å²) in [5.41, 5.74) is 1.70. The zero-order valence-corrected chi connectivity index (χ0v) is 17.1. The number of nitrogens with zero attached hydrogens (tertiary/aromatic N) is 3. The average molecular weight is 415 g/mol. The number of para-hydroxylation sites is 2. The van der Waals surface area contributed by atoms with Crippen LogP contribution in [0.4, 0.5) is 6.01 Å². The molecule has 27 heavy (non-hydrogen) atoms. The topological polar surface area (TPSA) is 61.6 Å². The van der Waals surface area contributed by atoms with E-state index in [1.807, 2.05) is 29.2 Å². The Bertz CT molecular complexity index is 692. The number of carbonyl (C=O) groups is 1. The van der Waals surface area contributed by atoms with Crippen LogP contribution in [-0.2, 0) is 4.79 Å². The van der Waals surface area contributed by atoms with Crippen LogP contribution in [0.5, 0.6) is 0 Å². The van der Waals surface area contributed by atoms with E-state index in [0.717, 1.165) is 56.8 Å². The number of anilines is 1. The van der Waals surface area contributed by atoms with Crippen LogP contribution in [-0.4, -0.2) is 55.1 Å². The standard InChI is InChI=1S/C19H26N4O2.2ClH/c24-18(6-5-15-7-9-20-10-8-15)22-11-13-23(14-12-22)19-21-16-3-1-2-4-17(16)25-19;;/h1-4,15,20H,5-14H2;2*1H. The van der Waals surface area contributed by atoms with Gasteiger partial charge in [0.05, 0.1) is 0 Å². The van der Waals surface area contributed by atoms with E-state index in [2.05, 4.69) is 15.2 Å². The molecule has 2 fully saturated rings. The number of halogens is 2. The lowest BCUT2D eigenvalue weighted by molar-refractivity contribution is -0.131. The number of amides is 1. The highest BCUT2D eigenvalue weighted by Gasteiger charge is 2.24. The number of nitrogens with one attached hydrogen (secondary N) is 1. The monoisotopic (exact) mass is 414 g/mol. The van der Waals surface area contributed by atoms with Crippen LogP contribution in [0.1, 0.15) is 25.7 Å². The van der Waals surface area contributed by atoms with Crippen LogP contribution < -0.4 is 10.2 Å². The molecular formula is C19H28Cl2N4O2. The Morgan fingerprint density at radius 2 is 1.81 bits per heavy atom. The molecule has 2 aromatic rings. The fourth-order valence-electron chi connectivity index (χ4n) is 3.80. The maximum Gasteiger partial charge on any atom is 0.298 e. The smallest absolute Gasteiger partial charge is 0.298 e. The summed E-state index contributed by atoms with van der Waals surface area (Å²) in [6.07, 6.45) is 4.14. The highest BCUT2D eigenvalue weighted by Crippen LogP contribution is 2.23. The van der Waals surface area contributed by atoms with Gasteiger partial charge in [-0.1, -0.05) is 12.1 Å². The van der Waals surface area contributed by atoms with Gasteiger partial charge in [-0.3, -0.25) is 4.79 Å². The van der Waals surface area contributed by atoms with Crippen molar-refractivity contribution in [3.63, 3.8) is 0 Å². The summed E-state index contributed by atoms with van der Waals surface area (Å²) in [6.45, 7) is 5.27. The first-order chi connectivity index (χ1) is 12.3. The van der Waals surface area contributed by atoms with Gasteiger partial charge in [0.1, 0.15) is 5.52 Å². The van der Waals surface area contributed by atoms with Crippen molar-refractivity contribution in [3.8, 4) is 0 Å². The summed E-state index contributed by atoms with van der Waals surface area (Å²) in [6, 6.07) is 8.49. The van der Waals surface area contributed by atoms with Crippen LogP contribution in [0.3, 0.4) is 0 Å². The molecule has 0 atom stereocenters. The first kappa shape index (κ1) is 21.8. The molecular weight excluding hydrogens is 387 g/mol. The zero-order valence-electron chi connectivity index (χ0n) is 15.4. The molecule has 4 rings (SSSR count). The lowest BCUT2D eigenvalue weighted by atomic mass is 9.93. The molecule has 2 aliphatic rings. The Morgan fingerprint density at radius 3 is 2.52 bits per heavy atom. The van der Waals surface area contributed by atoms with Gasteiger partial charge in [-0.15, -0.1) is 24.8 Å². The molecule has 150 valence electrons. The molecule has 6 nitrogen and oxygen atoms in total. The fraction of sp³-hybridized carbons (Fsp3) is 0.579. The van der Waals surface area contributed by atoms with Crippen molar-refractivity contribution in [3.05, 3.63) is 24.3 Å². The van der Waals surface area contributed by atoms with Crippen molar-refractivity contribution in [2.75, 3.05) is 44.2 Å². The molecule has 1 aromatic heterocycles. The van der Waals surface area contributed by atoms with Crippen LogP contribution in [0.15, 0.2) is 28.7 Å². The van der Waals surface area contributed by atoms with Gasteiger partial charge in [0.2, 0.25) is 5.91 Å². The van der Waals surface area contributed by atoms with Crippen molar-refractivity contribution >= 4 is 47.8 Å². The van der Waals surface area contributed by atoms with Gasteiger partial charge in [-0.25, -0.2) is 0 Å². The minimum absolute atomic E-state index is 0. The van der Waals surface area contributed by atoms with E-state index in [1.54, 1.807) is 0 Å². The van der Waals surface area contributed by atoms with Crippen molar-refractivity contribution < 1.29 is 9.21 Å². The number of hydrogen-bond acceptors (Lipinski definition) is 5. The predicted molar refractivity (Wildman–Crippen MR) is 112 cm³/mol. The van der Waals surface area contributed by atoms with E-state index in [4.69, 9.17) is 4.42 Å². The molecule has 3 heterocycles. The van der Waals surface area contributed by atoms with Crippen molar-refractivity contribution in [2.24, 2.45) is 5.92 Å². The number of hydrogen-bond donors (Lipinski definition) is 1. The SMILES string of the molecule is Cl.Cl.O=C(CCC1CCNCC1)N1CCN(c2nc3ccccc3o2)CC1. The number of oxazole rings is 1. The van der Waals surface area contributed by atoms with Gasteiger partial charge in [-0.05, 0) is 50.4 Å². The lowest BCUT2D eigenvalue weighted by Crippen LogP contribution is -2.49. The second-order valence-corrected chi connectivity index (χ2v) is 7.06. The van der Waals surface area contributed by atoms with E-state index in [-0.39, 0.29) is 24.8 Å².